The Bertz CT molecular complexity index is 753. The molecule has 1 aromatic rings. The van der Waals surface area contributed by atoms with E-state index >= 15 is 0 Å². The standard InChI is InChI=1S/C14H24FN3O6P2/c1-11(2)5-4-6-12(3)7-8-18-10-13(16-17-18)9-14(15,25(19,20)21)26(22,23)24/h5,7,10H,4,6,8-9H2,1-3H3,(H2,19,20,21)(H2,22,23,24)/p-4/b12-7+. The molecule has 1 rings (SSSR count). The van der Waals surface area contributed by atoms with Gasteiger partial charge in [0.15, 0.2) is 5.15 Å². The molecule has 148 valence electrons. The van der Waals surface area contributed by atoms with Crippen molar-refractivity contribution in [2.75, 3.05) is 0 Å². The first-order chi connectivity index (χ1) is 11.8. The third-order valence-electron chi connectivity index (χ3n) is 3.55. The van der Waals surface area contributed by atoms with E-state index in [0.717, 1.165) is 24.6 Å². The highest BCUT2D eigenvalue weighted by atomic mass is 31.2. The molecular weight excluding hydrogens is 387 g/mol. The summed E-state index contributed by atoms with van der Waals surface area (Å²) in [4.78, 5) is 43.7. The predicted octanol–water partition coefficient (Wildman–Crippen LogP) is -0.0360. The van der Waals surface area contributed by atoms with E-state index in [1.165, 1.54) is 10.3 Å². The van der Waals surface area contributed by atoms with Gasteiger partial charge >= 0.3 is 0 Å². The van der Waals surface area contributed by atoms with Crippen LogP contribution >= 0.6 is 15.2 Å². The number of alkyl halides is 1. The van der Waals surface area contributed by atoms with Crippen molar-refractivity contribution < 1.29 is 33.1 Å². The Morgan fingerprint density at radius 1 is 1.19 bits per heavy atom. The number of allylic oxidation sites excluding steroid dienone is 4. The van der Waals surface area contributed by atoms with Gasteiger partial charge in [-0.1, -0.05) is 28.5 Å². The third-order valence-corrected chi connectivity index (χ3v) is 7.01. The molecule has 0 spiro atoms. The van der Waals surface area contributed by atoms with Gasteiger partial charge in [-0.05, 0) is 48.8 Å². The van der Waals surface area contributed by atoms with E-state index in [1.807, 2.05) is 26.8 Å². The van der Waals surface area contributed by atoms with E-state index in [1.54, 1.807) is 0 Å². The molecule has 0 amide bonds. The molecule has 0 unspecified atom stereocenters. The lowest BCUT2D eigenvalue weighted by Gasteiger charge is -2.53. The van der Waals surface area contributed by atoms with Gasteiger partial charge in [-0.2, -0.15) is 0 Å². The first kappa shape index (κ1) is 22.9. The smallest absolute Gasteiger partial charge is 0.168 e. The summed E-state index contributed by atoms with van der Waals surface area (Å²) in [6.45, 7) is 6.11. The monoisotopic (exact) mass is 407 g/mol. The van der Waals surface area contributed by atoms with Crippen LogP contribution in [0, 0.1) is 0 Å². The Morgan fingerprint density at radius 2 is 1.77 bits per heavy atom. The van der Waals surface area contributed by atoms with Gasteiger partial charge < -0.3 is 28.7 Å². The maximum absolute atomic E-state index is 14.1. The van der Waals surface area contributed by atoms with Crippen LogP contribution in [0.5, 0.6) is 0 Å². The van der Waals surface area contributed by atoms with Crippen molar-refractivity contribution in [1.29, 1.82) is 0 Å². The molecule has 0 saturated carbocycles. The zero-order valence-electron chi connectivity index (χ0n) is 14.6. The Morgan fingerprint density at radius 3 is 2.27 bits per heavy atom. The van der Waals surface area contributed by atoms with Crippen molar-refractivity contribution in [3.05, 3.63) is 35.2 Å². The summed E-state index contributed by atoms with van der Waals surface area (Å²) >= 11 is 0. The Labute approximate surface area is 150 Å². The molecule has 1 heterocycles. The van der Waals surface area contributed by atoms with Crippen LogP contribution in [-0.2, 0) is 22.1 Å². The van der Waals surface area contributed by atoms with Gasteiger partial charge in [-0.15, -0.1) is 5.10 Å². The molecular formula is C14H20FN3O6P2-4. The van der Waals surface area contributed by atoms with Gasteiger partial charge in [-0.25, -0.2) is 9.07 Å². The Kier molecular flexibility index (Phi) is 7.65. The fourth-order valence-corrected chi connectivity index (χ4v) is 3.93. The minimum absolute atomic E-state index is 0.228. The van der Waals surface area contributed by atoms with Crippen LogP contribution in [-0.4, -0.2) is 20.1 Å². The molecule has 12 heteroatoms. The van der Waals surface area contributed by atoms with Crippen molar-refractivity contribution in [1.82, 2.24) is 15.0 Å². The fraction of sp³-hybridized carbons (Fsp3) is 0.571. The quantitative estimate of drug-likeness (QED) is 0.408. The normalized spacial score (nSPS) is 13.8. The first-order valence-electron chi connectivity index (χ1n) is 7.67. The van der Waals surface area contributed by atoms with Crippen LogP contribution in [0.2, 0.25) is 0 Å². The number of hydrogen-bond acceptors (Lipinski definition) is 8. The molecule has 9 nitrogen and oxygen atoms in total. The van der Waals surface area contributed by atoms with Gasteiger partial charge in [0.1, 0.15) is 0 Å². The number of aromatic nitrogens is 3. The summed E-state index contributed by atoms with van der Waals surface area (Å²) < 4.78 is 37.2. The first-order valence-corrected chi connectivity index (χ1v) is 10.8. The van der Waals surface area contributed by atoms with Crippen molar-refractivity contribution >= 4 is 15.2 Å². The summed E-state index contributed by atoms with van der Waals surface area (Å²) in [6, 6.07) is 0. The van der Waals surface area contributed by atoms with E-state index < -0.39 is 32.5 Å². The number of halogens is 1. The Hall–Kier alpha value is -1.15. The van der Waals surface area contributed by atoms with Gasteiger partial charge in [0, 0.05) is 12.6 Å². The lowest BCUT2D eigenvalue weighted by Crippen LogP contribution is -2.44. The SMILES string of the molecule is CC(C)=CCC/C(C)=C/Cn1cc(CC(F)(P(=O)([O-])[O-])P(=O)([O-])[O-])nn1. The highest BCUT2D eigenvalue weighted by Crippen LogP contribution is 2.63. The molecule has 0 N–H and O–H groups in total. The largest absolute Gasteiger partial charge is 0.808 e. The second kappa shape index (κ2) is 8.69. The highest BCUT2D eigenvalue weighted by molar-refractivity contribution is 7.69. The van der Waals surface area contributed by atoms with Gasteiger partial charge in [-0.3, -0.25) is 0 Å². The minimum Gasteiger partial charge on any atom is -0.808 e. The van der Waals surface area contributed by atoms with Crippen molar-refractivity contribution in [3.63, 3.8) is 0 Å². The lowest BCUT2D eigenvalue weighted by molar-refractivity contribution is -0.343. The maximum atomic E-state index is 14.1. The lowest BCUT2D eigenvalue weighted by atomic mass is 10.1. The van der Waals surface area contributed by atoms with Crippen LogP contribution in [0.3, 0.4) is 0 Å². The van der Waals surface area contributed by atoms with Gasteiger partial charge in [0.2, 0.25) is 0 Å². The minimum atomic E-state index is -6.37. The van der Waals surface area contributed by atoms with E-state index in [0.29, 0.717) is 0 Å². The van der Waals surface area contributed by atoms with Crippen LogP contribution in [0.15, 0.2) is 29.5 Å². The van der Waals surface area contributed by atoms with Crippen LogP contribution in [0.1, 0.15) is 39.3 Å². The van der Waals surface area contributed by atoms with E-state index in [4.69, 9.17) is 0 Å². The van der Waals surface area contributed by atoms with E-state index in [-0.39, 0.29) is 6.54 Å². The maximum Gasteiger partial charge on any atom is 0.168 e. The molecule has 0 aliphatic carbocycles. The topological polar surface area (TPSA) is 157 Å². The third kappa shape index (κ3) is 6.23. The fourth-order valence-electron chi connectivity index (χ4n) is 2.02. The second-order valence-corrected chi connectivity index (χ2v) is 9.95. The second-order valence-electron chi connectivity index (χ2n) is 6.19. The van der Waals surface area contributed by atoms with Crippen LogP contribution in [0.25, 0.3) is 0 Å². The Balaban J connectivity index is 2.83. The van der Waals surface area contributed by atoms with E-state index in [9.17, 15) is 33.1 Å². The van der Waals surface area contributed by atoms with E-state index in [2.05, 4.69) is 16.4 Å². The zero-order chi connectivity index (χ0) is 20.2. The molecule has 0 bridgehead atoms. The molecule has 0 aromatic carbocycles. The van der Waals surface area contributed by atoms with Crippen LogP contribution < -0.4 is 19.6 Å². The predicted molar refractivity (Wildman–Crippen MR) is 85.2 cm³/mol. The van der Waals surface area contributed by atoms with Crippen LogP contribution in [0.4, 0.5) is 4.39 Å². The molecule has 26 heavy (non-hydrogen) atoms. The molecule has 0 radical (unpaired) electrons. The average molecular weight is 407 g/mol. The van der Waals surface area contributed by atoms with Gasteiger partial charge in [0.25, 0.3) is 0 Å². The summed E-state index contributed by atoms with van der Waals surface area (Å²) in [5, 5.41) is 2.55. The molecule has 0 saturated heterocycles. The molecule has 0 aliphatic rings. The van der Waals surface area contributed by atoms with Crippen molar-refractivity contribution in [2.45, 2.75) is 51.7 Å². The number of nitrogens with zero attached hydrogens (tertiary/aromatic N) is 3. The molecule has 0 aliphatic heterocycles. The zero-order valence-corrected chi connectivity index (χ0v) is 16.4. The molecule has 1 aromatic heterocycles. The number of hydrogen-bond donors (Lipinski definition) is 0. The molecule has 0 atom stereocenters. The summed E-state index contributed by atoms with van der Waals surface area (Å²) in [7, 11) is -12.7. The summed E-state index contributed by atoms with van der Waals surface area (Å²) in [5.74, 6) is 0. The van der Waals surface area contributed by atoms with Crippen molar-refractivity contribution in [3.8, 4) is 0 Å². The number of rotatable bonds is 9. The summed E-state index contributed by atoms with van der Waals surface area (Å²) in [6.07, 6.45) is 5.16. The summed E-state index contributed by atoms with van der Waals surface area (Å²) in [5.41, 5.74) is 1.82. The average Bonchev–Trinajstić information content (AvgIpc) is 2.89. The molecule has 0 fully saturated rings. The van der Waals surface area contributed by atoms with Gasteiger partial charge in [0.05, 0.1) is 12.2 Å². The highest BCUT2D eigenvalue weighted by Gasteiger charge is 2.39. The van der Waals surface area contributed by atoms with Crippen molar-refractivity contribution in [2.24, 2.45) is 0 Å².